The van der Waals surface area contributed by atoms with E-state index in [1.807, 2.05) is 17.7 Å². The van der Waals surface area contributed by atoms with Crippen LogP contribution in [0.15, 0.2) is 18.7 Å². The smallest absolute Gasteiger partial charge is 0.222 e. The molecule has 1 rings (SSSR count). The van der Waals surface area contributed by atoms with Gasteiger partial charge >= 0.3 is 0 Å². The Morgan fingerprint density at radius 3 is 3.00 bits per heavy atom. The first-order valence-corrected chi connectivity index (χ1v) is 5.12. The number of hydrogen-bond acceptors (Lipinski definition) is 3. The molecule has 0 unspecified atom stereocenters. The Hall–Kier alpha value is -1.36. The first kappa shape index (κ1) is 11.7. The fourth-order valence-electron chi connectivity index (χ4n) is 1.23. The number of nitrogens with one attached hydrogen (secondary N) is 1. The highest BCUT2D eigenvalue weighted by Gasteiger charge is 2.08. The van der Waals surface area contributed by atoms with E-state index in [9.17, 15) is 4.79 Å². The molecule has 1 aromatic heterocycles. The van der Waals surface area contributed by atoms with Crippen molar-refractivity contribution in [3.63, 3.8) is 0 Å². The number of carbonyl (C=O) groups excluding carboxylic acids is 1. The second-order valence-electron chi connectivity index (χ2n) is 3.41. The monoisotopic (exact) mass is 211 g/mol. The summed E-state index contributed by atoms with van der Waals surface area (Å²) >= 11 is 0. The van der Waals surface area contributed by atoms with Crippen molar-refractivity contribution in [1.29, 1.82) is 0 Å². The molecule has 0 bridgehead atoms. The van der Waals surface area contributed by atoms with E-state index in [1.165, 1.54) is 0 Å². The molecule has 0 radical (unpaired) electrons. The van der Waals surface area contributed by atoms with Gasteiger partial charge in [0.1, 0.15) is 0 Å². The molecular formula is C10H17N3O2. The summed E-state index contributed by atoms with van der Waals surface area (Å²) in [7, 11) is 0. The first-order valence-electron chi connectivity index (χ1n) is 5.12. The van der Waals surface area contributed by atoms with Gasteiger partial charge in [0, 0.05) is 25.4 Å². The minimum Gasteiger partial charge on any atom is -0.394 e. The molecule has 0 saturated carbocycles. The number of aryl methyl sites for hydroxylation is 1. The van der Waals surface area contributed by atoms with Crippen LogP contribution in [0.4, 0.5) is 0 Å². The Morgan fingerprint density at radius 1 is 1.67 bits per heavy atom. The molecular weight excluding hydrogens is 194 g/mol. The van der Waals surface area contributed by atoms with Gasteiger partial charge in [0.15, 0.2) is 0 Å². The number of aromatic nitrogens is 2. The van der Waals surface area contributed by atoms with Gasteiger partial charge in [-0.15, -0.1) is 0 Å². The lowest BCUT2D eigenvalue weighted by Crippen LogP contribution is -2.37. The summed E-state index contributed by atoms with van der Waals surface area (Å²) in [6.07, 6.45) is 6.33. The zero-order chi connectivity index (χ0) is 11.1. The lowest BCUT2D eigenvalue weighted by atomic mass is 10.2. The molecule has 5 heteroatoms. The third-order valence-electron chi connectivity index (χ3n) is 2.23. The Labute approximate surface area is 89.1 Å². The van der Waals surface area contributed by atoms with Crippen LogP contribution in [0.2, 0.25) is 0 Å². The van der Waals surface area contributed by atoms with Crippen molar-refractivity contribution in [3.05, 3.63) is 18.7 Å². The number of nitrogens with zero attached hydrogens (tertiary/aromatic N) is 2. The number of aliphatic hydroxyl groups is 1. The lowest BCUT2D eigenvalue weighted by Gasteiger charge is -2.13. The maximum absolute atomic E-state index is 11.4. The third kappa shape index (κ3) is 4.12. The van der Waals surface area contributed by atoms with Crippen LogP contribution >= 0.6 is 0 Å². The van der Waals surface area contributed by atoms with Crippen LogP contribution in [0.25, 0.3) is 0 Å². The molecule has 5 nitrogen and oxygen atoms in total. The summed E-state index contributed by atoms with van der Waals surface area (Å²) in [4.78, 5) is 15.3. The molecule has 0 aliphatic heterocycles. The molecule has 84 valence electrons. The van der Waals surface area contributed by atoms with E-state index in [0.717, 1.165) is 6.42 Å². The van der Waals surface area contributed by atoms with Crippen molar-refractivity contribution >= 4 is 5.91 Å². The summed E-state index contributed by atoms with van der Waals surface area (Å²) < 4.78 is 1.85. The van der Waals surface area contributed by atoms with E-state index >= 15 is 0 Å². The Kier molecular flexibility index (Phi) is 4.83. The first-order chi connectivity index (χ1) is 7.26. The van der Waals surface area contributed by atoms with E-state index in [0.29, 0.717) is 13.0 Å². The third-order valence-corrected chi connectivity index (χ3v) is 2.23. The highest BCUT2D eigenvalue weighted by Crippen LogP contribution is 1.94. The predicted octanol–water partition coefficient (Wildman–Crippen LogP) is 0.160. The Balaban J connectivity index is 2.24. The van der Waals surface area contributed by atoms with Gasteiger partial charge in [0.05, 0.1) is 19.0 Å². The zero-order valence-corrected chi connectivity index (χ0v) is 8.89. The largest absolute Gasteiger partial charge is 0.394 e. The van der Waals surface area contributed by atoms with Gasteiger partial charge in [0.25, 0.3) is 0 Å². The van der Waals surface area contributed by atoms with Crippen LogP contribution in [-0.2, 0) is 11.3 Å². The molecule has 0 aliphatic rings. The Bertz CT molecular complexity index is 281. The van der Waals surface area contributed by atoms with Crippen LogP contribution in [0.5, 0.6) is 0 Å². The number of imidazole rings is 1. The molecule has 0 aliphatic carbocycles. The van der Waals surface area contributed by atoms with E-state index in [4.69, 9.17) is 5.11 Å². The molecule has 1 heterocycles. The van der Waals surface area contributed by atoms with Crippen LogP contribution in [0.3, 0.4) is 0 Å². The molecule has 1 atom stereocenters. The van der Waals surface area contributed by atoms with Crippen molar-refractivity contribution in [3.8, 4) is 0 Å². The van der Waals surface area contributed by atoms with Crippen LogP contribution in [0.1, 0.15) is 19.8 Å². The fraction of sp³-hybridized carbons (Fsp3) is 0.600. The zero-order valence-electron chi connectivity index (χ0n) is 8.89. The topological polar surface area (TPSA) is 67.2 Å². The summed E-state index contributed by atoms with van der Waals surface area (Å²) in [6, 6.07) is -0.125. The van der Waals surface area contributed by atoms with Gasteiger partial charge in [-0.25, -0.2) is 4.98 Å². The normalized spacial score (nSPS) is 12.4. The van der Waals surface area contributed by atoms with Gasteiger partial charge in [-0.05, 0) is 6.42 Å². The van der Waals surface area contributed by atoms with E-state index in [2.05, 4.69) is 10.3 Å². The maximum atomic E-state index is 11.4. The molecule has 0 spiro atoms. The molecule has 0 fully saturated rings. The average molecular weight is 211 g/mol. The summed E-state index contributed by atoms with van der Waals surface area (Å²) in [6.45, 7) is 2.54. The number of rotatable bonds is 6. The second kappa shape index (κ2) is 6.19. The minimum atomic E-state index is -0.125. The molecule has 0 aromatic carbocycles. The SMILES string of the molecule is CC[C@H](CO)NC(=O)CCn1ccnc1. The van der Waals surface area contributed by atoms with Gasteiger partial charge in [0.2, 0.25) is 5.91 Å². The number of hydrogen-bond donors (Lipinski definition) is 2. The quantitative estimate of drug-likeness (QED) is 0.704. The molecule has 2 N–H and O–H groups in total. The number of carbonyl (C=O) groups is 1. The molecule has 15 heavy (non-hydrogen) atoms. The highest BCUT2D eigenvalue weighted by molar-refractivity contribution is 5.76. The highest BCUT2D eigenvalue weighted by atomic mass is 16.3. The molecule has 1 amide bonds. The lowest BCUT2D eigenvalue weighted by molar-refractivity contribution is -0.122. The summed E-state index contributed by atoms with van der Waals surface area (Å²) in [5.41, 5.74) is 0. The van der Waals surface area contributed by atoms with Crippen LogP contribution in [-0.4, -0.2) is 33.2 Å². The molecule has 1 aromatic rings. The van der Waals surface area contributed by atoms with Crippen LogP contribution < -0.4 is 5.32 Å². The van der Waals surface area contributed by atoms with Crippen molar-refractivity contribution in [2.45, 2.75) is 32.4 Å². The van der Waals surface area contributed by atoms with E-state index in [-0.39, 0.29) is 18.6 Å². The molecule has 0 saturated heterocycles. The number of amides is 1. The average Bonchev–Trinajstić information content (AvgIpc) is 2.75. The van der Waals surface area contributed by atoms with Gasteiger partial charge in [-0.1, -0.05) is 6.92 Å². The summed E-state index contributed by atoms with van der Waals surface area (Å²) in [5, 5.41) is 11.7. The standard InChI is InChI=1S/C10H17N3O2/c1-2-9(7-14)12-10(15)3-5-13-6-4-11-8-13/h4,6,8-9,14H,2-3,5,7H2,1H3,(H,12,15)/t9-/m1/s1. The van der Waals surface area contributed by atoms with E-state index in [1.54, 1.807) is 12.5 Å². The van der Waals surface area contributed by atoms with Crippen molar-refractivity contribution < 1.29 is 9.90 Å². The van der Waals surface area contributed by atoms with Gasteiger partial charge < -0.3 is 15.0 Å². The summed E-state index contributed by atoms with van der Waals surface area (Å²) in [5.74, 6) is -0.0374. The van der Waals surface area contributed by atoms with Crippen molar-refractivity contribution in [2.75, 3.05) is 6.61 Å². The van der Waals surface area contributed by atoms with Crippen molar-refractivity contribution in [2.24, 2.45) is 0 Å². The van der Waals surface area contributed by atoms with Crippen LogP contribution in [0, 0.1) is 0 Å². The second-order valence-corrected chi connectivity index (χ2v) is 3.41. The maximum Gasteiger partial charge on any atom is 0.222 e. The Morgan fingerprint density at radius 2 is 2.47 bits per heavy atom. The van der Waals surface area contributed by atoms with Gasteiger partial charge in [-0.2, -0.15) is 0 Å². The number of aliphatic hydroxyl groups excluding tert-OH is 1. The van der Waals surface area contributed by atoms with Crippen molar-refractivity contribution in [1.82, 2.24) is 14.9 Å². The predicted molar refractivity (Wildman–Crippen MR) is 56.2 cm³/mol. The fourth-order valence-corrected chi connectivity index (χ4v) is 1.23. The van der Waals surface area contributed by atoms with Gasteiger partial charge in [-0.3, -0.25) is 4.79 Å². The van der Waals surface area contributed by atoms with E-state index < -0.39 is 0 Å². The minimum absolute atomic E-state index is 0.00663.